The highest BCUT2D eigenvalue weighted by molar-refractivity contribution is 6.64. The van der Waals surface area contributed by atoms with E-state index in [-0.39, 0.29) is 0 Å². The van der Waals surface area contributed by atoms with E-state index in [0.29, 0.717) is 0 Å². The summed E-state index contributed by atoms with van der Waals surface area (Å²) in [6.45, 7) is 4.70. The Hall–Kier alpha value is -0.830. The molecule has 1 N–H and O–H groups in total. The number of amides is 1. The van der Waals surface area contributed by atoms with Gasteiger partial charge >= 0.3 is 0 Å². The summed E-state index contributed by atoms with van der Waals surface area (Å²) in [5.74, 6) is -0.401. The highest BCUT2D eigenvalue weighted by atomic mass is 35.5. The number of halogens is 1. The van der Waals surface area contributed by atoms with E-state index >= 15 is 0 Å². The van der Waals surface area contributed by atoms with Crippen LogP contribution in [0.1, 0.15) is 6.92 Å². The predicted molar refractivity (Wildman–Crippen MR) is 38.7 cm³/mol. The lowest BCUT2D eigenvalue weighted by atomic mass is 10.4. The third-order valence-electron chi connectivity index (χ3n) is 0.885. The Labute approximate surface area is 64.1 Å². The van der Waals surface area contributed by atoms with Crippen molar-refractivity contribution in [3.05, 3.63) is 12.7 Å². The zero-order chi connectivity index (χ0) is 8.15. The Bertz CT molecular complexity index is 167. The second-order valence-electron chi connectivity index (χ2n) is 1.74. The summed E-state index contributed by atoms with van der Waals surface area (Å²) < 4.78 is 0. The summed E-state index contributed by atoms with van der Waals surface area (Å²) >= 11 is 5.04. The number of hydrogen-bond donors (Lipinski definition) is 1. The molecule has 0 bridgehead atoms. The van der Waals surface area contributed by atoms with Gasteiger partial charge < -0.3 is 5.32 Å². The molecule has 4 heteroatoms. The molecule has 0 aliphatic heterocycles. The number of hydrogen-bond acceptors (Lipinski definition) is 2. The van der Waals surface area contributed by atoms with E-state index in [1.807, 2.05) is 0 Å². The molecule has 1 unspecified atom stereocenters. The van der Waals surface area contributed by atoms with Crippen molar-refractivity contribution in [1.82, 2.24) is 5.32 Å². The molecule has 0 aromatic carbocycles. The monoisotopic (exact) mass is 161 g/mol. The number of nitrogens with one attached hydrogen (secondary N) is 1. The normalized spacial score (nSPS) is 11.8. The maximum Gasteiger partial charge on any atom is 0.243 e. The summed E-state index contributed by atoms with van der Waals surface area (Å²) in [6.07, 6.45) is 1.08. The first-order chi connectivity index (χ1) is 4.57. The minimum absolute atomic E-state index is 0.401. The van der Waals surface area contributed by atoms with Crippen LogP contribution < -0.4 is 5.32 Å². The van der Waals surface area contributed by atoms with Gasteiger partial charge in [-0.15, -0.1) is 0 Å². The Kier molecular flexibility index (Phi) is 3.72. The molecule has 10 heavy (non-hydrogen) atoms. The molecule has 0 saturated heterocycles. The van der Waals surface area contributed by atoms with Crippen LogP contribution in [0, 0.1) is 0 Å². The van der Waals surface area contributed by atoms with Crippen molar-refractivity contribution < 1.29 is 9.59 Å². The molecule has 0 rings (SSSR count). The second kappa shape index (κ2) is 4.06. The van der Waals surface area contributed by atoms with Crippen LogP contribution in [0.4, 0.5) is 0 Å². The maximum absolute atomic E-state index is 10.5. The standard InChI is InChI=1S/C6H8ClNO2/c1-3-5(9)8-4(2)6(7)10/h3-4H,1H2,2H3,(H,8,9). The van der Waals surface area contributed by atoms with Gasteiger partial charge in [-0.1, -0.05) is 6.58 Å². The first-order valence-electron chi connectivity index (χ1n) is 2.70. The lowest BCUT2D eigenvalue weighted by molar-refractivity contribution is -0.121. The van der Waals surface area contributed by atoms with Crippen molar-refractivity contribution in [3.8, 4) is 0 Å². The van der Waals surface area contributed by atoms with Gasteiger partial charge in [0.15, 0.2) is 0 Å². The quantitative estimate of drug-likeness (QED) is 0.483. The Balaban J connectivity index is 3.79. The third-order valence-corrected chi connectivity index (χ3v) is 1.21. The van der Waals surface area contributed by atoms with Gasteiger partial charge in [0, 0.05) is 0 Å². The summed E-state index contributed by atoms with van der Waals surface area (Å²) in [5, 5.41) is 1.70. The molecule has 0 aromatic heterocycles. The SMILES string of the molecule is C=CC(=O)NC(C)C(=O)Cl. The van der Waals surface area contributed by atoms with E-state index in [2.05, 4.69) is 11.9 Å². The van der Waals surface area contributed by atoms with Gasteiger partial charge in [0.2, 0.25) is 11.1 Å². The van der Waals surface area contributed by atoms with E-state index in [9.17, 15) is 9.59 Å². The predicted octanol–water partition coefficient (Wildman–Crippen LogP) is 0.442. The lowest BCUT2D eigenvalue weighted by Gasteiger charge is -2.05. The van der Waals surface area contributed by atoms with Crippen molar-refractivity contribution in [2.45, 2.75) is 13.0 Å². The molecule has 0 spiro atoms. The number of rotatable bonds is 3. The van der Waals surface area contributed by atoms with E-state index in [4.69, 9.17) is 11.6 Å². The van der Waals surface area contributed by atoms with Crippen molar-refractivity contribution in [3.63, 3.8) is 0 Å². The molecule has 0 saturated carbocycles. The molecule has 0 aromatic rings. The van der Waals surface area contributed by atoms with Crippen LogP contribution in [-0.4, -0.2) is 17.2 Å². The van der Waals surface area contributed by atoms with Crippen LogP contribution in [0.15, 0.2) is 12.7 Å². The van der Waals surface area contributed by atoms with Crippen molar-refractivity contribution in [2.75, 3.05) is 0 Å². The molecule has 0 aliphatic rings. The molecule has 0 fully saturated rings. The summed E-state index contributed by atoms with van der Waals surface area (Å²) in [6, 6.07) is -0.646. The largest absolute Gasteiger partial charge is 0.342 e. The van der Waals surface area contributed by atoms with Gasteiger partial charge in [-0.3, -0.25) is 9.59 Å². The van der Waals surface area contributed by atoms with Crippen molar-refractivity contribution in [2.24, 2.45) is 0 Å². The molecule has 1 atom stereocenters. The van der Waals surface area contributed by atoms with Gasteiger partial charge in [0.1, 0.15) is 6.04 Å². The van der Waals surface area contributed by atoms with Crippen LogP contribution in [0.25, 0.3) is 0 Å². The fourth-order valence-electron chi connectivity index (χ4n) is 0.329. The highest BCUT2D eigenvalue weighted by Crippen LogP contribution is 1.88. The van der Waals surface area contributed by atoms with Crippen LogP contribution in [-0.2, 0) is 9.59 Å². The average Bonchev–Trinajstić information content (AvgIpc) is 1.87. The molecular weight excluding hydrogens is 154 g/mol. The third kappa shape index (κ3) is 3.25. The molecule has 0 radical (unpaired) electrons. The average molecular weight is 162 g/mol. The Morgan fingerprint density at radius 1 is 1.70 bits per heavy atom. The van der Waals surface area contributed by atoms with Crippen molar-refractivity contribution in [1.29, 1.82) is 0 Å². The van der Waals surface area contributed by atoms with Crippen LogP contribution >= 0.6 is 11.6 Å². The molecule has 56 valence electrons. The molecular formula is C6H8ClNO2. The fourth-order valence-corrected chi connectivity index (χ4v) is 0.384. The topological polar surface area (TPSA) is 46.2 Å². The second-order valence-corrected chi connectivity index (χ2v) is 2.11. The number of carbonyl (C=O) groups excluding carboxylic acids is 2. The van der Waals surface area contributed by atoms with Crippen LogP contribution in [0.3, 0.4) is 0 Å². The first-order valence-corrected chi connectivity index (χ1v) is 3.08. The zero-order valence-electron chi connectivity index (χ0n) is 5.56. The van der Waals surface area contributed by atoms with E-state index < -0.39 is 17.2 Å². The minimum atomic E-state index is -0.646. The maximum atomic E-state index is 10.5. The minimum Gasteiger partial charge on any atom is -0.342 e. The van der Waals surface area contributed by atoms with E-state index in [0.717, 1.165) is 6.08 Å². The van der Waals surface area contributed by atoms with Gasteiger partial charge in [-0.05, 0) is 24.6 Å². The molecule has 0 heterocycles. The van der Waals surface area contributed by atoms with Crippen LogP contribution in [0.2, 0.25) is 0 Å². The molecule has 3 nitrogen and oxygen atoms in total. The van der Waals surface area contributed by atoms with E-state index in [1.54, 1.807) is 0 Å². The van der Waals surface area contributed by atoms with Crippen LogP contribution in [0.5, 0.6) is 0 Å². The molecule has 0 aliphatic carbocycles. The zero-order valence-corrected chi connectivity index (χ0v) is 6.31. The highest BCUT2D eigenvalue weighted by Gasteiger charge is 2.09. The summed E-state index contributed by atoms with van der Waals surface area (Å²) in [7, 11) is 0. The number of carbonyl (C=O) groups is 2. The van der Waals surface area contributed by atoms with Gasteiger partial charge in [-0.2, -0.15) is 0 Å². The smallest absolute Gasteiger partial charge is 0.243 e. The van der Waals surface area contributed by atoms with E-state index in [1.165, 1.54) is 6.92 Å². The fraction of sp³-hybridized carbons (Fsp3) is 0.333. The Morgan fingerprint density at radius 3 is 2.50 bits per heavy atom. The van der Waals surface area contributed by atoms with Crippen molar-refractivity contribution >= 4 is 22.8 Å². The summed E-state index contributed by atoms with van der Waals surface area (Å²) in [5.41, 5.74) is 0. The summed E-state index contributed by atoms with van der Waals surface area (Å²) in [4.78, 5) is 20.8. The van der Waals surface area contributed by atoms with Gasteiger partial charge in [-0.25, -0.2) is 0 Å². The van der Waals surface area contributed by atoms with Gasteiger partial charge in [0.25, 0.3) is 0 Å². The lowest BCUT2D eigenvalue weighted by Crippen LogP contribution is -2.35. The first kappa shape index (κ1) is 9.17. The van der Waals surface area contributed by atoms with Gasteiger partial charge in [0.05, 0.1) is 0 Å². The molecule has 1 amide bonds. The Morgan fingerprint density at radius 2 is 2.20 bits per heavy atom.